The van der Waals surface area contributed by atoms with Crippen LogP contribution in [0.2, 0.25) is 0 Å². The normalized spacial score (nSPS) is 24.6. The zero-order chi connectivity index (χ0) is 16.2. The Labute approximate surface area is 138 Å². The van der Waals surface area contributed by atoms with Gasteiger partial charge in [0.25, 0.3) is 0 Å². The highest BCUT2D eigenvalue weighted by Crippen LogP contribution is 2.32. The Hall–Kier alpha value is -1.43. The highest BCUT2D eigenvalue weighted by molar-refractivity contribution is 5.76. The number of hydrogen-bond acceptors (Lipinski definition) is 4. The van der Waals surface area contributed by atoms with E-state index >= 15 is 0 Å². The van der Waals surface area contributed by atoms with Crippen LogP contribution in [0.4, 0.5) is 0 Å². The second-order valence-corrected chi connectivity index (χ2v) is 7.27. The minimum absolute atomic E-state index is 0.0794. The number of nitrogens with two attached hydrogens (primary N) is 1. The molecule has 2 atom stereocenters. The number of amides is 1. The summed E-state index contributed by atoms with van der Waals surface area (Å²) in [7, 11) is 0. The Balaban J connectivity index is 1.62. The van der Waals surface area contributed by atoms with Crippen molar-refractivity contribution in [1.29, 1.82) is 0 Å². The van der Waals surface area contributed by atoms with Gasteiger partial charge in [-0.3, -0.25) is 9.89 Å². The lowest BCUT2D eigenvalue weighted by Crippen LogP contribution is -2.41. The molecule has 1 saturated carbocycles. The van der Waals surface area contributed by atoms with E-state index in [0.29, 0.717) is 12.3 Å². The molecule has 1 aromatic rings. The maximum absolute atomic E-state index is 12.2. The molecule has 1 aliphatic heterocycles. The SMILES string of the molecule is CC(N)CC(=O)N1CCCC(c2n[nH]c(C3CCCCC3)n2)C1. The van der Waals surface area contributed by atoms with E-state index in [4.69, 9.17) is 10.7 Å². The second-order valence-electron chi connectivity index (χ2n) is 7.27. The van der Waals surface area contributed by atoms with E-state index in [1.54, 1.807) is 0 Å². The van der Waals surface area contributed by atoms with Gasteiger partial charge in [-0.15, -0.1) is 0 Å². The van der Waals surface area contributed by atoms with Crippen molar-refractivity contribution in [1.82, 2.24) is 20.1 Å². The van der Waals surface area contributed by atoms with Gasteiger partial charge in [0, 0.05) is 37.4 Å². The van der Waals surface area contributed by atoms with Crippen molar-refractivity contribution in [3.05, 3.63) is 11.6 Å². The molecule has 2 unspecified atom stereocenters. The molecular weight excluding hydrogens is 290 g/mol. The quantitative estimate of drug-likeness (QED) is 0.891. The van der Waals surface area contributed by atoms with E-state index in [9.17, 15) is 4.79 Å². The minimum atomic E-state index is -0.0794. The zero-order valence-electron chi connectivity index (χ0n) is 14.1. The summed E-state index contributed by atoms with van der Waals surface area (Å²) in [4.78, 5) is 19.0. The Morgan fingerprint density at radius 2 is 2.00 bits per heavy atom. The number of H-pyrrole nitrogens is 1. The third-order valence-electron chi connectivity index (χ3n) is 5.15. The maximum Gasteiger partial charge on any atom is 0.224 e. The topological polar surface area (TPSA) is 87.9 Å². The first kappa shape index (κ1) is 16.4. The molecule has 0 aromatic carbocycles. The molecular formula is C17H29N5O. The van der Waals surface area contributed by atoms with E-state index in [1.807, 2.05) is 11.8 Å². The van der Waals surface area contributed by atoms with Gasteiger partial charge in [-0.2, -0.15) is 5.10 Å². The number of rotatable bonds is 4. The third-order valence-corrected chi connectivity index (χ3v) is 5.15. The summed E-state index contributed by atoms with van der Waals surface area (Å²) >= 11 is 0. The van der Waals surface area contributed by atoms with E-state index in [0.717, 1.165) is 37.6 Å². The molecule has 1 amide bonds. The molecule has 2 heterocycles. The van der Waals surface area contributed by atoms with Crippen molar-refractivity contribution in [2.75, 3.05) is 13.1 Å². The average Bonchev–Trinajstić information content (AvgIpc) is 3.05. The first-order valence-electron chi connectivity index (χ1n) is 9.09. The molecule has 3 rings (SSSR count). The third kappa shape index (κ3) is 4.10. The lowest BCUT2D eigenvalue weighted by atomic mass is 9.89. The molecule has 1 aromatic heterocycles. The maximum atomic E-state index is 12.2. The number of carbonyl (C=O) groups excluding carboxylic acids is 1. The summed E-state index contributed by atoms with van der Waals surface area (Å²) in [6.07, 6.45) is 8.88. The van der Waals surface area contributed by atoms with Crippen molar-refractivity contribution in [3.63, 3.8) is 0 Å². The van der Waals surface area contributed by atoms with E-state index in [2.05, 4.69) is 10.2 Å². The van der Waals surface area contributed by atoms with Crippen LogP contribution in [0.1, 0.15) is 81.8 Å². The van der Waals surface area contributed by atoms with Crippen LogP contribution in [0, 0.1) is 0 Å². The molecule has 1 aliphatic carbocycles. The van der Waals surface area contributed by atoms with Crippen molar-refractivity contribution in [2.24, 2.45) is 5.73 Å². The molecule has 3 N–H and O–H groups in total. The van der Waals surface area contributed by atoms with Gasteiger partial charge in [-0.1, -0.05) is 19.3 Å². The van der Waals surface area contributed by atoms with Crippen molar-refractivity contribution in [3.8, 4) is 0 Å². The fraction of sp³-hybridized carbons (Fsp3) is 0.824. The number of piperidine rings is 1. The van der Waals surface area contributed by atoms with Gasteiger partial charge in [0.05, 0.1) is 0 Å². The van der Waals surface area contributed by atoms with Crippen LogP contribution in [0.5, 0.6) is 0 Å². The van der Waals surface area contributed by atoms with Gasteiger partial charge in [0.2, 0.25) is 5.91 Å². The predicted octanol–water partition coefficient (Wildman–Crippen LogP) is 2.30. The highest BCUT2D eigenvalue weighted by atomic mass is 16.2. The number of hydrogen-bond donors (Lipinski definition) is 2. The first-order chi connectivity index (χ1) is 11.1. The van der Waals surface area contributed by atoms with Crippen LogP contribution in [-0.2, 0) is 4.79 Å². The molecule has 2 fully saturated rings. The Morgan fingerprint density at radius 3 is 2.74 bits per heavy atom. The number of carbonyl (C=O) groups is 1. The van der Waals surface area contributed by atoms with Gasteiger partial charge in [0.1, 0.15) is 5.82 Å². The van der Waals surface area contributed by atoms with Crippen molar-refractivity contribution < 1.29 is 4.79 Å². The highest BCUT2D eigenvalue weighted by Gasteiger charge is 2.28. The molecule has 0 radical (unpaired) electrons. The number of aromatic nitrogens is 3. The monoisotopic (exact) mass is 319 g/mol. The average molecular weight is 319 g/mol. The smallest absolute Gasteiger partial charge is 0.224 e. The predicted molar refractivity (Wildman–Crippen MR) is 89.0 cm³/mol. The van der Waals surface area contributed by atoms with E-state index in [-0.39, 0.29) is 17.9 Å². The minimum Gasteiger partial charge on any atom is -0.342 e. The summed E-state index contributed by atoms with van der Waals surface area (Å²) in [5.74, 6) is 2.91. The van der Waals surface area contributed by atoms with Crippen LogP contribution < -0.4 is 5.73 Å². The van der Waals surface area contributed by atoms with E-state index in [1.165, 1.54) is 32.1 Å². The van der Waals surface area contributed by atoms with Crippen LogP contribution in [-0.4, -0.2) is 45.1 Å². The van der Waals surface area contributed by atoms with Crippen molar-refractivity contribution >= 4 is 5.91 Å². The molecule has 6 heteroatoms. The van der Waals surface area contributed by atoms with Crippen LogP contribution in [0.25, 0.3) is 0 Å². The van der Waals surface area contributed by atoms with E-state index < -0.39 is 0 Å². The lowest BCUT2D eigenvalue weighted by molar-refractivity contribution is -0.132. The fourth-order valence-electron chi connectivity index (χ4n) is 3.85. The second kappa shape index (κ2) is 7.43. The van der Waals surface area contributed by atoms with Gasteiger partial charge >= 0.3 is 0 Å². The van der Waals surface area contributed by atoms with Crippen LogP contribution >= 0.6 is 0 Å². The lowest BCUT2D eigenvalue weighted by Gasteiger charge is -2.32. The summed E-state index contributed by atoms with van der Waals surface area (Å²) in [6, 6.07) is -0.0794. The summed E-state index contributed by atoms with van der Waals surface area (Å²) in [6.45, 7) is 3.44. The molecule has 2 aliphatic rings. The van der Waals surface area contributed by atoms with Gasteiger partial charge in [0.15, 0.2) is 5.82 Å². The van der Waals surface area contributed by atoms with Crippen molar-refractivity contribution in [2.45, 2.75) is 76.2 Å². The molecule has 0 bridgehead atoms. The molecule has 128 valence electrons. The molecule has 23 heavy (non-hydrogen) atoms. The zero-order valence-corrected chi connectivity index (χ0v) is 14.1. The fourth-order valence-corrected chi connectivity index (χ4v) is 3.85. The Bertz CT molecular complexity index is 521. The summed E-state index contributed by atoms with van der Waals surface area (Å²) in [5.41, 5.74) is 5.75. The molecule has 6 nitrogen and oxygen atoms in total. The van der Waals surface area contributed by atoms with Crippen LogP contribution in [0.3, 0.4) is 0 Å². The molecule has 0 spiro atoms. The van der Waals surface area contributed by atoms with Gasteiger partial charge in [-0.05, 0) is 32.6 Å². The van der Waals surface area contributed by atoms with Crippen LogP contribution in [0.15, 0.2) is 0 Å². The standard InChI is InChI=1S/C17H29N5O/c1-12(18)10-15(23)22-9-5-8-14(11-22)17-19-16(20-21-17)13-6-3-2-4-7-13/h12-14H,2-11,18H2,1H3,(H,19,20,21). The molecule has 1 saturated heterocycles. The first-order valence-corrected chi connectivity index (χ1v) is 9.09. The summed E-state index contributed by atoms with van der Waals surface area (Å²) in [5, 5.41) is 7.64. The number of nitrogens with zero attached hydrogens (tertiary/aromatic N) is 3. The number of aromatic amines is 1. The van der Waals surface area contributed by atoms with Gasteiger partial charge < -0.3 is 10.6 Å². The summed E-state index contributed by atoms with van der Waals surface area (Å²) < 4.78 is 0. The Kier molecular flexibility index (Phi) is 5.30. The number of likely N-dealkylation sites (tertiary alicyclic amines) is 1. The van der Waals surface area contributed by atoms with Gasteiger partial charge in [-0.25, -0.2) is 4.98 Å². The largest absolute Gasteiger partial charge is 0.342 e. The Morgan fingerprint density at radius 1 is 1.26 bits per heavy atom. The number of nitrogens with one attached hydrogen (secondary N) is 1.